The Morgan fingerprint density at radius 3 is 2.53 bits per heavy atom. The molecule has 1 heterocycles. The maximum Gasteiger partial charge on any atom is 0.410 e. The lowest BCUT2D eigenvalue weighted by atomic mass is 9.79. The lowest BCUT2D eigenvalue weighted by Gasteiger charge is -2.38. The average molecular weight is 271 g/mol. The Labute approximate surface area is 117 Å². The molecule has 2 atom stereocenters. The van der Waals surface area contributed by atoms with Crippen LogP contribution in [0.3, 0.4) is 0 Å². The number of ether oxygens (including phenoxy) is 1. The molecule has 19 heavy (non-hydrogen) atoms. The maximum absolute atomic E-state index is 12.1. The van der Waals surface area contributed by atoms with E-state index in [4.69, 9.17) is 4.74 Å². The summed E-state index contributed by atoms with van der Waals surface area (Å²) in [4.78, 5) is 13.9. The molecule has 4 heteroatoms. The second-order valence-electron chi connectivity index (χ2n) is 6.92. The van der Waals surface area contributed by atoms with Crippen LogP contribution in [-0.4, -0.2) is 41.4 Å². The van der Waals surface area contributed by atoms with Gasteiger partial charge in [-0.2, -0.15) is 0 Å². The summed E-state index contributed by atoms with van der Waals surface area (Å²) < 4.78 is 5.42. The predicted octanol–water partition coefficient (Wildman–Crippen LogP) is 2.90. The highest BCUT2D eigenvalue weighted by Crippen LogP contribution is 2.29. The van der Waals surface area contributed by atoms with Gasteiger partial charge in [0.05, 0.1) is 0 Å². The molecule has 2 unspecified atom stereocenters. The summed E-state index contributed by atoms with van der Waals surface area (Å²) >= 11 is 0. The number of carbonyl (C=O) groups excluding carboxylic acids is 1. The summed E-state index contributed by atoms with van der Waals surface area (Å²) in [7, 11) is 0. The van der Waals surface area contributed by atoms with Gasteiger partial charge in [0, 0.05) is 19.7 Å². The van der Waals surface area contributed by atoms with Crippen molar-refractivity contribution in [3.8, 4) is 0 Å². The van der Waals surface area contributed by atoms with Crippen LogP contribution in [0.15, 0.2) is 0 Å². The topological polar surface area (TPSA) is 49.8 Å². The first-order valence-electron chi connectivity index (χ1n) is 7.33. The highest BCUT2D eigenvalue weighted by molar-refractivity contribution is 5.68. The Morgan fingerprint density at radius 1 is 1.42 bits per heavy atom. The first-order chi connectivity index (χ1) is 8.74. The molecule has 0 radical (unpaired) electrons. The third kappa shape index (κ3) is 5.01. The van der Waals surface area contributed by atoms with Gasteiger partial charge < -0.3 is 14.7 Å². The van der Waals surface area contributed by atoms with Crippen LogP contribution in [0.1, 0.15) is 47.5 Å². The monoisotopic (exact) mass is 271 g/mol. The van der Waals surface area contributed by atoms with E-state index in [1.807, 2.05) is 20.8 Å². The van der Waals surface area contributed by atoms with Crippen LogP contribution in [-0.2, 0) is 4.74 Å². The lowest BCUT2D eigenvalue weighted by Crippen LogP contribution is -2.45. The lowest BCUT2D eigenvalue weighted by molar-refractivity contribution is 0.00664. The van der Waals surface area contributed by atoms with Gasteiger partial charge in [-0.25, -0.2) is 4.79 Å². The Morgan fingerprint density at radius 2 is 2.05 bits per heavy atom. The van der Waals surface area contributed by atoms with Crippen LogP contribution in [0.4, 0.5) is 4.79 Å². The van der Waals surface area contributed by atoms with Crippen molar-refractivity contribution >= 4 is 6.09 Å². The molecular formula is C15H29NO3. The normalized spacial score (nSPS) is 22.5. The molecule has 1 amide bonds. The van der Waals surface area contributed by atoms with Crippen LogP contribution in [0.5, 0.6) is 0 Å². The first kappa shape index (κ1) is 16.3. The van der Waals surface area contributed by atoms with Gasteiger partial charge in [0.2, 0.25) is 0 Å². The van der Waals surface area contributed by atoms with E-state index in [0.717, 1.165) is 19.4 Å². The molecule has 0 aromatic rings. The van der Waals surface area contributed by atoms with E-state index in [9.17, 15) is 9.90 Å². The van der Waals surface area contributed by atoms with E-state index in [1.165, 1.54) is 0 Å². The highest BCUT2D eigenvalue weighted by Gasteiger charge is 2.32. The van der Waals surface area contributed by atoms with Crippen molar-refractivity contribution in [2.24, 2.45) is 17.8 Å². The molecule has 0 aliphatic carbocycles. The van der Waals surface area contributed by atoms with E-state index >= 15 is 0 Å². The summed E-state index contributed by atoms with van der Waals surface area (Å²) in [6.45, 7) is 11.6. The molecule has 1 fully saturated rings. The molecular weight excluding hydrogens is 242 g/mol. The molecule has 0 aromatic carbocycles. The van der Waals surface area contributed by atoms with Crippen molar-refractivity contribution in [3.63, 3.8) is 0 Å². The molecule has 1 rings (SSSR count). The molecule has 112 valence electrons. The van der Waals surface area contributed by atoms with Crippen LogP contribution in [0.2, 0.25) is 0 Å². The van der Waals surface area contributed by atoms with Gasteiger partial charge in [0.25, 0.3) is 0 Å². The number of nitrogens with zero attached hydrogens (tertiary/aromatic N) is 1. The zero-order valence-corrected chi connectivity index (χ0v) is 13.0. The predicted molar refractivity (Wildman–Crippen MR) is 75.9 cm³/mol. The van der Waals surface area contributed by atoms with Crippen LogP contribution < -0.4 is 0 Å². The van der Waals surface area contributed by atoms with Gasteiger partial charge in [0.1, 0.15) is 5.60 Å². The van der Waals surface area contributed by atoms with Crippen molar-refractivity contribution in [1.29, 1.82) is 0 Å². The second kappa shape index (κ2) is 6.60. The van der Waals surface area contributed by atoms with Crippen LogP contribution in [0, 0.1) is 17.8 Å². The molecule has 0 spiro atoms. The Hall–Kier alpha value is -0.770. The van der Waals surface area contributed by atoms with Gasteiger partial charge in [-0.05, 0) is 51.4 Å². The Bertz CT molecular complexity index is 296. The Balaban J connectivity index is 2.61. The zero-order chi connectivity index (χ0) is 14.6. The van der Waals surface area contributed by atoms with Crippen molar-refractivity contribution in [2.45, 2.75) is 53.1 Å². The minimum absolute atomic E-state index is 0.199. The molecule has 0 aromatic heterocycles. The number of aliphatic hydroxyl groups is 1. The largest absolute Gasteiger partial charge is 0.444 e. The van der Waals surface area contributed by atoms with Crippen molar-refractivity contribution in [2.75, 3.05) is 19.7 Å². The number of hydrogen-bond acceptors (Lipinski definition) is 3. The number of amides is 1. The average Bonchev–Trinajstić information content (AvgIpc) is 2.27. The standard InChI is InChI=1S/C15H29NO3/c1-11(2)13(10-17)12-7-6-8-16(9-12)14(18)19-15(3,4)5/h11-13,17H,6-10H2,1-5H3. The molecule has 0 saturated carbocycles. The van der Waals surface area contributed by atoms with E-state index in [-0.39, 0.29) is 18.6 Å². The van der Waals surface area contributed by atoms with Gasteiger partial charge in [-0.15, -0.1) is 0 Å². The summed E-state index contributed by atoms with van der Waals surface area (Å²) in [6.07, 6.45) is 1.85. The maximum atomic E-state index is 12.1. The summed E-state index contributed by atoms with van der Waals surface area (Å²) in [5.41, 5.74) is -0.446. The summed E-state index contributed by atoms with van der Waals surface area (Å²) in [5.74, 6) is 1.09. The third-order valence-corrected chi connectivity index (χ3v) is 3.78. The number of piperidine rings is 1. The van der Waals surface area contributed by atoms with Gasteiger partial charge in [0.15, 0.2) is 0 Å². The van der Waals surface area contributed by atoms with Crippen molar-refractivity contribution < 1.29 is 14.6 Å². The van der Waals surface area contributed by atoms with E-state index in [0.29, 0.717) is 18.4 Å². The van der Waals surface area contributed by atoms with E-state index in [2.05, 4.69) is 13.8 Å². The molecule has 1 aliphatic rings. The van der Waals surface area contributed by atoms with E-state index < -0.39 is 5.60 Å². The van der Waals surface area contributed by atoms with Crippen molar-refractivity contribution in [1.82, 2.24) is 4.90 Å². The minimum Gasteiger partial charge on any atom is -0.444 e. The Kier molecular flexibility index (Phi) is 5.65. The number of likely N-dealkylation sites (tertiary alicyclic amines) is 1. The fraction of sp³-hybridized carbons (Fsp3) is 0.933. The smallest absolute Gasteiger partial charge is 0.410 e. The number of rotatable bonds is 3. The second-order valence-corrected chi connectivity index (χ2v) is 6.92. The summed E-state index contributed by atoms with van der Waals surface area (Å²) in [6, 6.07) is 0. The third-order valence-electron chi connectivity index (χ3n) is 3.78. The summed E-state index contributed by atoms with van der Waals surface area (Å²) in [5, 5.41) is 9.53. The van der Waals surface area contributed by atoms with Gasteiger partial charge in [-0.3, -0.25) is 0 Å². The molecule has 0 bridgehead atoms. The fourth-order valence-corrected chi connectivity index (χ4v) is 2.76. The molecule has 1 N–H and O–H groups in total. The highest BCUT2D eigenvalue weighted by atomic mass is 16.6. The number of hydrogen-bond donors (Lipinski definition) is 1. The molecule has 1 saturated heterocycles. The SMILES string of the molecule is CC(C)C(CO)C1CCCN(C(=O)OC(C)(C)C)C1. The fourth-order valence-electron chi connectivity index (χ4n) is 2.76. The van der Waals surface area contributed by atoms with Crippen LogP contribution in [0.25, 0.3) is 0 Å². The molecule has 4 nitrogen and oxygen atoms in total. The van der Waals surface area contributed by atoms with Crippen molar-refractivity contribution in [3.05, 3.63) is 0 Å². The van der Waals surface area contributed by atoms with Gasteiger partial charge in [-0.1, -0.05) is 13.8 Å². The first-order valence-corrected chi connectivity index (χ1v) is 7.33. The van der Waals surface area contributed by atoms with Crippen LogP contribution >= 0.6 is 0 Å². The quantitative estimate of drug-likeness (QED) is 0.858. The number of carbonyl (C=O) groups is 1. The molecule has 1 aliphatic heterocycles. The minimum atomic E-state index is -0.446. The van der Waals surface area contributed by atoms with E-state index in [1.54, 1.807) is 4.90 Å². The number of aliphatic hydroxyl groups excluding tert-OH is 1. The zero-order valence-electron chi connectivity index (χ0n) is 13.0. The van der Waals surface area contributed by atoms with Gasteiger partial charge >= 0.3 is 6.09 Å².